The van der Waals surface area contributed by atoms with Gasteiger partial charge in [0.25, 0.3) is 0 Å². The van der Waals surface area contributed by atoms with Gasteiger partial charge in [-0.15, -0.1) is 6.58 Å². The fourth-order valence-corrected chi connectivity index (χ4v) is 1.92. The van der Waals surface area contributed by atoms with E-state index in [4.69, 9.17) is 4.74 Å². The van der Waals surface area contributed by atoms with E-state index in [0.717, 1.165) is 32.5 Å². The Labute approximate surface area is 97.6 Å². The molecular weight excluding hydrogens is 204 g/mol. The molecule has 1 aliphatic rings. The summed E-state index contributed by atoms with van der Waals surface area (Å²) in [5.74, 6) is -0.103. The van der Waals surface area contributed by atoms with Crippen molar-refractivity contribution in [2.45, 2.75) is 25.8 Å². The molecule has 1 rings (SSSR count). The molecule has 1 N–H and O–H groups in total. The van der Waals surface area contributed by atoms with Crippen LogP contribution in [-0.4, -0.2) is 49.7 Å². The smallest absolute Gasteiger partial charge is 0.324 e. The third-order valence-corrected chi connectivity index (χ3v) is 2.77. The molecule has 0 aromatic carbocycles. The highest BCUT2D eigenvalue weighted by molar-refractivity contribution is 5.76. The van der Waals surface area contributed by atoms with E-state index >= 15 is 0 Å². The van der Waals surface area contributed by atoms with Crippen molar-refractivity contribution in [2.24, 2.45) is 0 Å². The lowest BCUT2D eigenvalue weighted by molar-refractivity contribution is -0.150. The van der Waals surface area contributed by atoms with Crippen LogP contribution in [-0.2, 0) is 9.53 Å². The van der Waals surface area contributed by atoms with Gasteiger partial charge in [0.2, 0.25) is 0 Å². The van der Waals surface area contributed by atoms with Crippen LogP contribution in [0.25, 0.3) is 0 Å². The number of unbranched alkanes of at least 4 members (excludes halogenated alkanes) is 1. The van der Waals surface area contributed by atoms with Gasteiger partial charge in [0.1, 0.15) is 6.04 Å². The molecule has 0 amide bonds. The van der Waals surface area contributed by atoms with Crippen molar-refractivity contribution in [3.63, 3.8) is 0 Å². The van der Waals surface area contributed by atoms with Gasteiger partial charge in [-0.25, -0.2) is 0 Å². The van der Waals surface area contributed by atoms with Crippen LogP contribution in [0.3, 0.4) is 0 Å². The van der Waals surface area contributed by atoms with Gasteiger partial charge in [0, 0.05) is 19.6 Å². The summed E-state index contributed by atoms with van der Waals surface area (Å²) in [7, 11) is 0. The summed E-state index contributed by atoms with van der Waals surface area (Å²) in [6.07, 6.45) is 3.97. The summed E-state index contributed by atoms with van der Waals surface area (Å²) >= 11 is 0. The van der Waals surface area contributed by atoms with Crippen LogP contribution < -0.4 is 5.32 Å². The van der Waals surface area contributed by atoms with Gasteiger partial charge in [0.05, 0.1) is 6.61 Å². The molecule has 4 nitrogen and oxygen atoms in total. The monoisotopic (exact) mass is 226 g/mol. The second-order valence-corrected chi connectivity index (χ2v) is 3.94. The molecule has 1 aliphatic heterocycles. The molecule has 0 radical (unpaired) electrons. The summed E-state index contributed by atoms with van der Waals surface area (Å²) < 4.78 is 5.08. The maximum atomic E-state index is 11.7. The van der Waals surface area contributed by atoms with Gasteiger partial charge >= 0.3 is 5.97 Å². The average molecular weight is 226 g/mol. The Morgan fingerprint density at radius 1 is 1.69 bits per heavy atom. The van der Waals surface area contributed by atoms with Crippen LogP contribution in [0.2, 0.25) is 0 Å². The number of nitrogens with one attached hydrogen (secondary N) is 1. The number of esters is 1. The molecule has 1 saturated heterocycles. The molecule has 4 heteroatoms. The molecule has 0 saturated carbocycles. The third-order valence-electron chi connectivity index (χ3n) is 2.77. The van der Waals surface area contributed by atoms with Gasteiger partial charge in [-0.2, -0.15) is 0 Å². The number of allylic oxidation sites excluding steroid dienone is 1. The first kappa shape index (κ1) is 13.2. The zero-order valence-electron chi connectivity index (χ0n) is 10.1. The number of hydrogen-bond donors (Lipinski definition) is 1. The van der Waals surface area contributed by atoms with Gasteiger partial charge in [-0.05, 0) is 26.3 Å². The molecule has 16 heavy (non-hydrogen) atoms. The third kappa shape index (κ3) is 3.94. The number of carbonyl (C=O) groups is 1. The summed E-state index contributed by atoms with van der Waals surface area (Å²) in [6, 6.07) is -0.112. The standard InChI is InChI=1S/C12H22N2O2/c1-3-5-6-8-14-9-7-13-10-11(14)12(15)16-4-2/h3,11,13H,1,4-10H2,2H3. The summed E-state index contributed by atoms with van der Waals surface area (Å²) in [5.41, 5.74) is 0. The Balaban J connectivity index is 2.42. The number of carbonyl (C=O) groups excluding carboxylic acids is 1. The molecule has 1 unspecified atom stereocenters. The fourth-order valence-electron chi connectivity index (χ4n) is 1.92. The van der Waals surface area contributed by atoms with Crippen molar-refractivity contribution < 1.29 is 9.53 Å². The summed E-state index contributed by atoms with van der Waals surface area (Å²) in [6.45, 7) is 9.51. The topological polar surface area (TPSA) is 41.6 Å². The number of nitrogens with zero attached hydrogens (tertiary/aromatic N) is 1. The lowest BCUT2D eigenvalue weighted by Crippen LogP contribution is -2.55. The van der Waals surface area contributed by atoms with E-state index in [-0.39, 0.29) is 12.0 Å². The minimum Gasteiger partial charge on any atom is -0.465 e. The number of hydrogen-bond acceptors (Lipinski definition) is 4. The normalized spacial score (nSPS) is 21.7. The largest absolute Gasteiger partial charge is 0.465 e. The SMILES string of the molecule is C=CCCCN1CCNCC1C(=O)OCC. The molecule has 1 fully saturated rings. The maximum Gasteiger partial charge on any atom is 0.324 e. The number of ether oxygens (including phenoxy) is 1. The highest BCUT2D eigenvalue weighted by Crippen LogP contribution is 2.07. The molecule has 0 spiro atoms. The summed E-state index contributed by atoms with van der Waals surface area (Å²) in [5, 5.41) is 3.23. The Morgan fingerprint density at radius 3 is 3.19 bits per heavy atom. The van der Waals surface area contributed by atoms with E-state index in [1.54, 1.807) is 0 Å². The second-order valence-electron chi connectivity index (χ2n) is 3.94. The van der Waals surface area contributed by atoms with Crippen molar-refractivity contribution in [1.29, 1.82) is 0 Å². The molecule has 0 aromatic rings. The average Bonchev–Trinajstić information content (AvgIpc) is 2.30. The predicted octanol–water partition coefficient (Wildman–Crippen LogP) is 0.789. The Hall–Kier alpha value is -0.870. The van der Waals surface area contributed by atoms with Crippen molar-refractivity contribution in [3.05, 3.63) is 12.7 Å². The maximum absolute atomic E-state index is 11.7. The van der Waals surface area contributed by atoms with E-state index in [0.29, 0.717) is 13.2 Å². The molecule has 0 aliphatic carbocycles. The lowest BCUT2D eigenvalue weighted by atomic mass is 10.1. The molecule has 0 bridgehead atoms. The van der Waals surface area contributed by atoms with Crippen molar-refractivity contribution in [2.75, 3.05) is 32.8 Å². The minimum atomic E-state index is -0.112. The minimum absolute atomic E-state index is 0.103. The zero-order valence-corrected chi connectivity index (χ0v) is 10.1. The van der Waals surface area contributed by atoms with E-state index in [1.165, 1.54) is 0 Å². The first-order valence-corrected chi connectivity index (χ1v) is 6.02. The molecule has 92 valence electrons. The van der Waals surface area contributed by atoms with Gasteiger partial charge < -0.3 is 10.1 Å². The van der Waals surface area contributed by atoms with Crippen LogP contribution in [0.4, 0.5) is 0 Å². The Morgan fingerprint density at radius 2 is 2.50 bits per heavy atom. The number of piperazine rings is 1. The van der Waals surface area contributed by atoms with Crippen LogP contribution in [0.15, 0.2) is 12.7 Å². The van der Waals surface area contributed by atoms with E-state index in [2.05, 4.69) is 16.8 Å². The second kappa shape index (κ2) is 7.41. The zero-order chi connectivity index (χ0) is 11.8. The fraction of sp³-hybridized carbons (Fsp3) is 0.750. The van der Waals surface area contributed by atoms with E-state index < -0.39 is 0 Å². The Bertz CT molecular complexity index is 231. The van der Waals surface area contributed by atoms with Crippen molar-refractivity contribution in [1.82, 2.24) is 10.2 Å². The Kier molecular flexibility index (Phi) is 6.11. The molecular formula is C12H22N2O2. The van der Waals surface area contributed by atoms with Crippen LogP contribution in [0.5, 0.6) is 0 Å². The van der Waals surface area contributed by atoms with Crippen LogP contribution >= 0.6 is 0 Å². The van der Waals surface area contributed by atoms with Gasteiger partial charge in [-0.3, -0.25) is 9.69 Å². The highest BCUT2D eigenvalue weighted by Gasteiger charge is 2.28. The van der Waals surface area contributed by atoms with Gasteiger partial charge in [0.15, 0.2) is 0 Å². The van der Waals surface area contributed by atoms with Crippen LogP contribution in [0.1, 0.15) is 19.8 Å². The molecule has 1 atom stereocenters. The van der Waals surface area contributed by atoms with Gasteiger partial charge in [-0.1, -0.05) is 6.08 Å². The van der Waals surface area contributed by atoms with E-state index in [1.807, 2.05) is 13.0 Å². The van der Waals surface area contributed by atoms with Crippen molar-refractivity contribution >= 4 is 5.97 Å². The summed E-state index contributed by atoms with van der Waals surface area (Å²) in [4.78, 5) is 13.9. The molecule has 1 heterocycles. The first-order valence-electron chi connectivity index (χ1n) is 6.02. The lowest BCUT2D eigenvalue weighted by Gasteiger charge is -2.34. The van der Waals surface area contributed by atoms with Crippen molar-refractivity contribution in [3.8, 4) is 0 Å². The van der Waals surface area contributed by atoms with Crippen LogP contribution in [0, 0.1) is 0 Å². The first-order chi connectivity index (χ1) is 7.79. The number of rotatable bonds is 6. The molecule has 0 aromatic heterocycles. The van der Waals surface area contributed by atoms with E-state index in [9.17, 15) is 4.79 Å². The predicted molar refractivity (Wildman–Crippen MR) is 64.3 cm³/mol. The highest BCUT2D eigenvalue weighted by atomic mass is 16.5. The quantitative estimate of drug-likeness (QED) is 0.413.